The largest absolute Gasteiger partial charge is 0.359 e. The Kier molecular flexibility index (Phi) is 3.65. The quantitative estimate of drug-likeness (QED) is 0.781. The van der Waals surface area contributed by atoms with Crippen molar-refractivity contribution in [3.8, 4) is 0 Å². The first-order valence-corrected chi connectivity index (χ1v) is 7.69. The summed E-state index contributed by atoms with van der Waals surface area (Å²) >= 11 is 0. The Balaban J connectivity index is 1.81. The van der Waals surface area contributed by atoms with E-state index in [0.717, 1.165) is 18.2 Å². The number of amides is 1. The van der Waals surface area contributed by atoms with Crippen molar-refractivity contribution in [1.29, 1.82) is 0 Å². The average Bonchev–Trinajstić information content (AvgIpc) is 2.91. The zero-order valence-electron chi connectivity index (χ0n) is 13.0. The lowest BCUT2D eigenvalue weighted by Crippen LogP contribution is -2.32. The number of fused-ring (bicyclic) bond motifs is 1. The molecule has 1 aliphatic heterocycles. The van der Waals surface area contributed by atoms with Crippen molar-refractivity contribution in [3.63, 3.8) is 0 Å². The number of nitrogens with zero attached hydrogens (tertiary/aromatic N) is 2. The monoisotopic (exact) mass is 337 g/mol. The van der Waals surface area contributed by atoms with E-state index in [1.807, 2.05) is 0 Å². The molecule has 0 radical (unpaired) electrons. The summed E-state index contributed by atoms with van der Waals surface area (Å²) in [7, 11) is 0. The second-order valence-corrected chi connectivity index (χ2v) is 5.64. The second kappa shape index (κ2) is 5.98. The van der Waals surface area contributed by atoms with Crippen molar-refractivity contribution in [1.82, 2.24) is 4.98 Å². The van der Waals surface area contributed by atoms with E-state index in [4.69, 9.17) is 0 Å². The Hall–Kier alpha value is -3.28. The van der Waals surface area contributed by atoms with Crippen LogP contribution in [0.15, 0.2) is 67.0 Å². The molecule has 1 aliphatic rings. The molecule has 0 fully saturated rings. The molecule has 2 aromatic carbocycles. The smallest absolute Gasteiger partial charge is 0.260 e. The van der Waals surface area contributed by atoms with Crippen LogP contribution in [0.25, 0.3) is 0 Å². The number of rotatable bonds is 3. The Morgan fingerprint density at radius 3 is 2.68 bits per heavy atom. The van der Waals surface area contributed by atoms with Gasteiger partial charge in [-0.3, -0.25) is 14.7 Å². The lowest BCUT2D eigenvalue weighted by molar-refractivity contribution is 0.0993. The van der Waals surface area contributed by atoms with E-state index in [1.54, 1.807) is 48.8 Å². The van der Waals surface area contributed by atoms with Crippen LogP contribution in [0.5, 0.6) is 0 Å². The Bertz CT molecular complexity index is 946. The molecule has 4 rings (SSSR count). The van der Waals surface area contributed by atoms with Gasteiger partial charge in [-0.2, -0.15) is 0 Å². The molecule has 4 nitrogen and oxygen atoms in total. The van der Waals surface area contributed by atoms with E-state index in [0.29, 0.717) is 16.8 Å². The molecule has 0 saturated carbocycles. The van der Waals surface area contributed by atoms with E-state index in [-0.39, 0.29) is 11.6 Å². The fourth-order valence-electron chi connectivity index (χ4n) is 2.98. The van der Waals surface area contributed by atoms with E-state index in [1.165, 1.54) is 4.90 Å². The highest BCUT2D eigenvalue weighted by Gasteiger charge is 2.38. The maximum atomic E-state index is 14.1. The van der Waals surface area contributed by atoms with Crippen LogP contribution in [0.3, 0.4) is 0 Å². The van der Waals surface area contributed by atoms with E-state index < -0.39 is 17.8 Å². The number of benzene rings is 2. The van der Waals surface area contributed by atoms with Gasteiger partial charge in [0.15, 0.2) is 0 Å². The number of carbonyl (C=O) groups excluding carboxylic acids is 1. The van der Waals surface area contributed by atoms with Gasteiger partial charge in [0, 0.05) is 23.4 Å². The molecule has 0 aliphatic carbocycles. The summed E-state index contributed by atoms with van der Waals surface area (Å²) < 4.78 is 27.6. The highest BCUT2D eigenvalue weighted by molar-refractivity contribution is 6.11. The van der Waals surface area contributed by atoms with Gasteiger partial charge in [-0.1, -0.05) is 18.2 Å². The first-order valence-electron chi connectivity index (χ1n) is 7.69. The van der Waals surface area contributed by atoms with Gasteiger partial charge in [-0.05, 0) is 30.3 Å². The summed E-state index contributed by atoms with van der Waals surface area (Å²) in [6.45, 7) is 0. The van der Waals surface area contributed by atoms with Crippen LogP contribution in [-0.2, 0) is 0 Å². The number of anilines is 2. The fourth-order valence-corrected chi connectivity index (χ4v) is 2.98. The Morgan fingerprint density at radius 2 is 1.88 bits per heavy atom. The lowest BCUT2D eigenvalue weighted by atomic mass is 10.1. The number of hydrogen-bond donors (Lipinski definition) is 1. The third kappa shape index (κ3) is 2.61. The fraction of sp³-hybridized carbons (Fsp3) is 0.0526. The maximum Gasteiger partial charge on any atom is 0.260 e. The van der Waals surface area contributed by atoms with Gasteiger partial charge in [-0.15, -0.1) is 0 Å². The number of carbonyl (C=O) groups is 1. The zero-order chi connectivity index (χ0) is 17.4. The second-order valence-electron chi connectivity index (χ2n) is 5.64. The van der Waals surface area contributed by atoms with Gasteiger partial charge >= 0.3 is 0 Å². The van der Waals surface area contributed by atoms with Crippen molar-refractivity contribution in [3.05, 3.63) is 89.8 Å². The standard InChI is InChI=1S/C19H13F2N3O/c20-12-7-8-16(21)17(10-12)23-18-14-5-1-2-6-15(14)19(25)24(18)13-4-3-9-22-11-13/h1-11,18,23H/t18-/m1/s1. The number of halogens is 2. The molecule has 6 heteroatoms. The van der Waals surface area contributed by atoms with E-state index in [2.05, 4.69) is 10.3 Å². The van der Waals surface area contributed by atoms with Gasteiger partial charge in [0.25, 0.3) is 5.91 Å². The van der Waals surface area contributed by atoms with Crippen LogP contribution in [0.4, 0.5) is 20.2 Å². The number of nitrogens with one attached hydrogen (secondary N) is 1. The van der Waals surface area contributed by atoms with Crippen LogP contribution < -0.4 is 10.2 Å². The Morgan fingerprint density at radius 1 is 1.04 bits per heavy atom. The highest BCUT2D eigenvalue weighted by atomic mass is 19.1. The maximum absolute atomic E-state index is 14.1. The first-order chi connectivity index (χ1) is 12.1. The van der Waals surface area contributed by atoms with Crippen molar-refractivity contribution >= 4 is 17.3 Å². The minimum atomic E-state index is -0.663. The molecule has 25 heavy (non-hydrogen) atoms. The molecule has 1 atom stereocenters. The molecule has 124 valence electrons. The SMILES string of the molecule is O=C1c2ccccc2[C@H](Nc2cc(F)ccc2F)N1c1cccnc1. The third-order valence-electron chi connectivity index (χ3n) is 4.11. The van der Waals surface area contributed by atoms with Crippen LogP contribution in [0.2, 0.25) is 0 Å². The van der Waals surface area contributed by atoms with Crippen molar-refractivity contribution in [2.24, 2.45) is 0 Å². The minimum Gasteiger partial charge on any atom is -0.359 e. The number of hydrogen-bond acceptors (Lipinski definition) is 3. The summed E-state index contributed by atoms with van der Waals surface area (Å²) in [6.07, 6.45) is 2.50. The summed E-state index contributed by atoms with van der Waals surface area (Å²) in [5.41, 5.74) is 1.77. The number of pyridine rings is 1. The summed E-state index contributed by atoms with van der Waals surface area (Å²) in [4.78, 5) is 18.4. The molecule has 1 aromatic heterocycles. The van der Waals surface area contributed by atoms with Crippen molar-refractivity contribution in [2.75, 3.05) is 10.2 Å². The van der Waals surface area contributed by atoms with Gasteiger partial charge in [-0.25, -0.2) is 8.78 Å². The number of aromatic nitrogens is 1. The van der Waals surface area contributed by atoms with Crippen LogP contribution in [0.1, 0.15) is 22.1 Å². The molecular formula is C19H13F2N3O. The van der Waals surface area contributed by atoms with E-state index >= 15 is 0 Å². The first kappa shape index (κ1) is 15.3. The molecule has 1 N–H and O–H groups in total. The van der Waals surface area contributed by atoms with Crippen LogP contribution in [0, 0.1) is 11.6 Å². The lowest BCUT2D eigenvalue weighted by Gasteiger charge is -2.27. The average molecular weight is 337 g/mol. The predicted molar refractivity (Wildman–Crippen MR) is 90.2 cm³/mol. The summed E-state index contributed by atoms with van der Waals surface area (Å²) in [6, 6.07) is 13.7. The van der Waals surface area contributed by atoms with Gasteiger partial charge in [0.05, 0.1) is 17.6 Å². The molecule has 2 heterocycles. The minimum absolute atomic E-state index is 0.0107. The van der Waals surface area contributed by atoms with Gasteiger partial charge in [0.1, 0.15) is 17.8 Å². The molecular weight excluding hydrogens is 324 g/mol. The third-order valence-corrected chi connectivity index (χ3v) is 4.11. The summed E-state index contributed by atoms with van der Waals surface area (Å²) in [5.74, 6) is -1.38. The molecule has 0 unspecified atom stereocenters. The van der Waals surface area contributed by atoms with Gasteiger partial charge in [0.2, 0.25) is 0 Å². The Labute approximate surface area is 142 Å². The van der Waals surface area contributed by atoms with E-state index in [9.17, 15) is 13.6 Å². The topological polar surface area (TPSA) is 45.2 Å². The molecule has 1 amide bonds. The van der Waals surface area contributed by atoms with Crippen molar-refractivity contribution in [2.45, 2.75) is 6.17 Å². The zero-order valence-corrected chi connectivity index (χ0v) is 13.0. The summed E-state index contributed by atoms with van der Waals surface area (Å²) in [5, 5.41) is 2.95. The predicted octanol–water partition coefficient (Wildman–Crippen LogP) is 4.13. The van der Waals surface area contributed by atoms with Gasteiger partial charge < -0.3 is 5.32 Å². The molecule has 0 spiro atoms. The molecule has 0 bridgehead atoms. The van der Waals surface area contributed by atoms with Crippen LogP contribution >= 0.6 is 0 Å². The molecule has 3 aromatic rings. The molecule has 0 saturated heterocycles. The van der Waals surface area contributed by atoms with Crippen LogP contribution in [-0.4, -0.2) is 10.9 Å². The highest BCUT2D eigenvalue weighted by Crippen LogP contribution is 2.38. The normalized spacial score (nSPS) is 16.0. The van der Waals surface area contributed by atoms with Crippen molar-refractivity contribution < 1.29 is 13.6 Å².